The van der Waals surface area contributed by atoms with Crippen molar-refractivity contribution in [3.63, 3.8) is 0 Å². The normalized spacial score (nSPS) is 14.8. The summed E-state index contributed by atoms with van der Waals surface area (Å²) in [6.07, 6.45) is 1.36. The van der Waals surface area contributed by atoms with E-state index < -0.39 is 16.7 Å². The molecule has 0 radical (unpaired) electrons. The third-order valence-electron chi connectivity index (χ3n) is 3.97. The standard InChI is InChI=1S/C20H11FN2O5/c21-16-7-2-1-6-15(16)19-22-17(20(24)28-19)11-14-8-9-18(27-14)12-4-3-5-13(10-12)23(25)26/h1-11H/b17-11+. The fourth-order valence-electron chi connectivity index (χ4n) is 2.65. The van der Waals surface area contributed by atoms with Crippen molar-refractivity contribution in [3.05, 3.63) is 93.6 Å². The number of furan rings is 1. The number of rotatable bonds is 4. The SMILES string of the molecule is O=C1OC(c2ccccc2F)=N/C1=C/c1ccc(-c2cccc([N+](=O)[O-])c2)o1. The first-order chi connectivity index (χ1) is 13.5. The van der Waals surface area contributed by atoms with Gasteiger partial charge in [0.25, 0.3) is 5.69 Å². The molecular weight excluding hydrogens is 367 g/mol. The molecule has 0 atom stereocenters. The molecule has 0 amide bonds. The van der Waals surface area contributed by atoms with E-state index in [1.165, 1.54) is 36.4 Å². The number of nitrogens with zero attached hydrogens (tertiary/aromatic N) is 2. The van der Waals surface area contributed by atoms with E-state index in [4.69, 9.17) is 9.15 Å². The molecule has 0 aliphatic carbocycles. The lowest BCUT2D eigenvalue weighted by molar-refractivity contribution is -0.384. The fourth-order valence-corrected chi connectivity index (χ4v) is 2.65. The maximum absolute atomic E-state index is 13.8. The van der Waals surface area contributed by atoms with Gasteiger partial charge < -0.3 is 9.15 Å². The first kappa shape index (κ1) is 17.3. The number of nitro groups is 1. The average molecular weight is 378 g/mol. The Morgan fingerprint density at radius 2 is 1.89 bits per heavy atom. The Bertz CT molecular complexity index is 1160. The topological polar surface area (TPSA) is 94.9 Å². The van der Waals surface area contributed by atoms with Gasteiger partial charge in [0.1, 0.15) is 17.3 Å². The Balaban J connectivity index is 1.64. The number of hydrogen-bond acceptors (Lipinski definition) is 6. The van der Waals surface area contributed by atoms with Crippen molar-refractivity contribution in [2.75, 3.05) is 0 Å². The molecule has 2 aromatic carbocycles. The zero-order chi connectivity index (χ0) is 19.7. The number of halogens is 1. The minimum atomic E-state index is -0.730. The van der Waals surface area contributed by atoms with E-state index in [1.54, 1.807) is 30.3 Å². The molecule has 2 heterocycles. The van der Waals surface area contributed by atoms with Crippen LogP contribution < -0.4 is 0 Å². The summed E-state index contributed by atoms with van der Waals surface area (Å²) in [5.41, 5.74) is 0.491. The molecule has 1 aliphatic heterocycles. The molecule has 0 spiro atoms. The Hall–Kier alpha value is -4.07. The fraction of sp³-hybridized carbons (Fsp3) is 0. The second-order valence-corrected chi connectivity index (χ2v) is 5.83. The monoisotopic (exact) mass is 378 g/mol. The molecule has 7 nitrogen and oxygen atoms in total. The first-order valence-electron chi connectivity index (χ1n) is 8.13. The minimum absolute atomic E-state index is 0.0433. The Labute approximate surface area is 157 Å². The number of benzene rings is 2. The number of cyclic esters (lactones) is 1. The molecule has 28 heavy (non-hydrogen) atoms. The molecule has 1 aliphatic rings. The van der Waals surface area contributed by atoms with Gasteiger partial charge in [-0.1, -0.05) is 24.3 Å². The molecule has 8 heteroatoms. The summed E-state index contributed by atoms with van der Waals surface area (Å²) < 4.78 is 24.5. The molecular formula is C20H11FN2O5. The van der Waals surface area contributed by atoms with Gasteiger partial charge in [0.05, 0.1) is 10.5 Å². The lowest BCUT2D eigenvalue weighted by Crippen LogP contribution is -2.07. The highest BCUT2D eigenvalue weighted by Gasteiger charge is 2.26. The van der Waals surface area contributed by atoms with Crippen LogP contribution in [0.15, 0.2) is 75.8 Å². The highest BCUT2D eigenvalue weighted by molar-refractivity contribution is 6.12. The van der Waals surface area contributed by atoms with Crippen molar-refractivity contribution in [1.29, 1.82) is 0 Å². The molecule has 0 N–H and O–H groups in total. The zero-order valence-corrected chi connectivity index (χ0v) is 14.2. The number of nitro benzene ring substituents is 1. The quantitative estimate of drug-likeness (QED) is 0.291. The third-order valence-corrected chi connectivity index (χ3v) is 3.97. The van der Waals surface area contributed by atoms with E-state index in [2.05, 4.69) is 4.99 Å². The Morgan fingerprint density at radius 3 is 2.68 bits per heavy atom. The van der Waals surface area contributed by atoms with Crippen molar-refractivity contribution < 1.29 is 23.3 Å². The second-order valence-electron chi connectivity index (χ2n) is 5.83. The van der Waals surface area contributed by atoms with E-state index in [9.17, 15) is 19.3 Å². The number of carbonyl (C=O) groups is 1. The van der Waals surface area contributed by atoms with E-state index in [1.807, 2.05) is 0 Å². The van der Waals surface area contributed by atoms with Crippen LogP contribution in [-0.4, -0.2) is 16.8 Å². The van der Waals surface area contributed by atoms with Crippen molar-refractivity contribution in [3.8, 4) is 11.3 Å². The maximum atomic E-state index is 13.8. The van der Waals surface area contributed by atoms with Crippen molar-refractivity contribution in [2.45, 2.75) is 0 Å². The molecule has 0 saturated heterocycles. The van der Waals surface area contributed by atoms with Crippen molar-refractivity contribution in [1.82, 2.24) is 0 Å². The van der Waals surface area contributed by atoms with Crippen LogP contribution in [0.2, 0.25) is 0 Å². The van der Waals surface area contributed by atoms with Gasteiger partial charge in [-0.3, -0.25) is 10.1 Å². The Kier molecular flexibility index (Phi) is 4.29. The van der Waals surface area contributed by atoms with Gasteiger partial charge in [-0.05, 0) is 24.3 Å². The molecule has 0 fully saturated rings. The molecule has 0 unspecified atom stereocenters. The van der Waals surface area contributed by atoms with Crippen LogP contribution in [0.3, 0.4) is 0 Å². The summed E-state index contributed by atoms with van der Waals surface area (Å²) in [7, 11) is 0. The van der Waals surface area contributed by atoms with Crippen molar-refractivity contribution >= 4 is 23.6 Å². The molecule has 4 rings (SSSR count). The minimum Gasteiger partial charge on any atom is -0.457 e. The number of ether oxygens (including phenoxy) is 1. The molecule has 1 aromatic heterocycles. The van der Waals surface area contributed by atoms with Gasteiger partial charge in [-0.25, -0.2) is 14.2 Å². The summed E-state index contributed by atoms with van der Waals surface area (Å²) in [5.74, 6) is -0.722. The molecule has 0 saturated carbocycles. The first-order valence-corrected chi connectivity index (χ1v) is 8.13. The van der Waals surface area contributed by atoms with Crippen LogP contribution in [0.4, 0.5) is 10.1 Å². The molecule has 3 aromatic rings. The van der Waals surface area contributed by atoms with Gasteiger partial charge in [-0.2, -0.15) is 0 Å². The number of aliphatic imine (C=N–C) groups is 1. The van der Waals surface area contributed by atoms with Crippen molar-refractivity contribution in [2.24, 2.45) is 4.99 Å². The highest BCUT2D eigenvalue weighted by Crippen LogP contribution is 2.27. The van der Waals surface area contributed by atoms with Gasteiger partial charge >= 0.3 is 5.97 Å². The summed E-state index contributed by atoms with van der Waals surface area (Å²) in [6.45, 7) is 0. The van der Waals surface area contributed by atoms with Gasteiger partial charge in [-0.15, -0.1) is 0 Å². The van der Waals surface area contributed by atoms with E-state index in [-0.39, 0.29) is 22.8 Å². The molecule has 0 bridgehead atoms. The smallest absolute Gasteiger partial charge is 0.363 e. The predicted molar refractivity (Wildman–Crippen MR) is 97.8 cm³/mol. The lowest BCUT2D eigenvalue weighted by Gasteiger charge is -1.99. The third kappa shape index (κ3) is 3.30. The van der Waals surface area contributed by atoms with Gasteiger partial charge in [0.2, 0.25) is 5.90 Å². The van der Waals surface area contributed by atoms with E-state index in [0.29, 0.717) is 17.1 Å². The van der Waals surface area contributed by atoms with E-state index >= 15 is 0 Å². The van der Waals surface area contributed by atoms with Crippen LogP contribution in [-0.2, 0) is 9.53 Å². The number of non-ortho nitro benzene ring substituents is 1. The predicted octanol–water partition coefficient (Wildman–Crippen LogP) is 4.34. The summed E-state index contributed by atoms with van der Waals surface area (Å²) in [5, 5.41) is 10.9. The number of carbonyl (C=O) groups excluding carboxylic acids is 1. The van der Waals surface area contributed by atoms with Crippen LogP contribution in [0.1, 0.15) is 11.3 Å². The summed E-state index contributed by atoms with van der Waals surface area (Å²) in [6, 6.07) is 15.0. The number of esters is 1. The maximum Gasteiger partial charge on any atom is 0.363 e. The van der Waals surface area contributed by atoms with Crippen LogP contribution in [0.25, 0.3) is 17.4 Å². The largest absolute Gasteiger partial charge is 0.457 e. The Morgan fingerprint density at radius 1 is 1.07 bits per heavy atom. The van der Waals surface area contributed by atoms with E-state index in [0.717, 1.165) is 0 Å². The van der Waals surface area contributed by atoms with Gasteiger partial charge in [0, 0.05) is 23.8 Å². The van der Waals surface area contributed by atoms with Crippen LogP contribution in [0.5, 0.6) is 0 Å². The highest BCUT2D eigenvalue weighted by atomic mass is 19.1. The second kappa shape index (κ2) is 6.92. The summed E-state index contributed by atoms with van der Waals surface area (Å²) >= 11 is 0. The zero-order valence-electron chi connectivity index (χ0n) is 14.2. The number of hydrogen-bond donors (Lipinski definition) is 0. The van der Waals surface area contributed by atoms with Crippen LogP contribution in [0, 0.1) is 15.9 Å². The van der Waals surface area contributed by atoms with Crippen LogP contribution >= 0.6 is 0 Å². The average Bonchev–Trinajstić information content (AvgIpc) is 3.30. The lowest BCUT2D eigenvalue weighted by atomic mass is 10.1. The van der Waals surface area contributed by atoms with Gasteiger partial charge in [0.15, 0.2) is 5.70 Å². The summed E-state index contributed by atoms with van der Waals surface area (Å²) in [4.78, 5) is 26.5. The molecule has 138 valence electrons.